The summed E-state index contributed by atoms with van der Waals surface area (Å²) < 4.78 is 64.3. The van der Waals surface area contributed by atoms with Gasteiger partial charge in [0.2, 0.25) is 0 Å². The summed E-state index contributed by atoms with van der Waals surface area (Å²) in [6, 6.07) is 0.958. The molecule has 1 heterocycles. The fraction of sp³-hybridized carbons (Fsp3) is 0.613. The van der Waals surface area contributed by atoms with Crippen molar-refractivity contribution in [1.82, 2.24) is 14.7 Å². The van der Waals surface area contributed by atoms with E-state index in [2.05, 4.69) is 18.9 Å². The molecule has 2 aromatic rings. The van der Waals surface area contributed by atoms with Gasteiger partial charge in [0, 0.05) is 6.04 Å². The number of hydrogen-bond acceptors (Lipinski definition) is 5. The van der Waals surface area contributed by atoms with Crippen LogP contribution in [0.5, 0.6) is 0 Å². The number of rotatable bonds is 8. The fourth-order valence-corrected chi connectivity index (χ4v) is 8.12. The molecule has 44 heavy (non-hydrogen) atoms. The molecule has 1 aromatic carbocycles. The largest absolute Gasteiger partial charge is 0.466 e. The van der Waals surface area contributed by atoms with Gasteiger partial charge in [-0.05, 0) is 74.3 Å². The number of amides is 1. The number of benzene rings is 1. The molecule has 0 bridgehead atoms. The Kier molecular flexibility index (Phi) is 8.87. The molecule has 0 spiro atoms. The number of halogens is 6. The summed E-state index contributed by atoms with van der Waals surface area (Å²) in [6.45, 7) is 7.28. The van der Waals surface area contributed by atoms with Crippen LogP contribution in [0.2, 0.25) is 10.0 Å². The van der Waals surface area contributed by atoms with E-state index in [9.17, 15) is 31.9 Å². The molecule has 0 N–H and O–H groups in total. The number of carbonyl (C=O) groups is 3. The minimum atomic E-state index is -4.94. The number of carbonyl (C=O) groups excluding carboxylic acids is 3. The molecule has 3 saturated carbocycles. The molecule has 0 aliphatic heterocycles. The number of alkyl halides is 3. The molecule has 3 aliphatic carbocycles. The number of fused-ring (bicyclic) bond motifs is 1. The maximum atomic E-state index is 14.7. The third kappa shape index (κ3) is 5.86. The van der Waals surface area contributed by atoms with Crippen molar-refractivity contribution in [3.05, 3.63) is 51.0 Å². The molecule has 0 saturated heterocycles. The molecular weight excluding hydrogens is 625 g/mol. The van der Waals surface area contributed by atoms with Crippen molar-refractivity contribution in [3.8, 4) is 0 Å². The Morgan fingerprint density at radius 2 is 1.77 bits per heavy atom. The van der Waals surface area contributed by atoms with E-state index < -0.39 is 64.5 Å². The number of esters is 1. The zero-order valence-corrected chi connectivity index (χ0v) is 26.4. The number of nitrogens with zero attached hydrogens (tertiary/aromatic N) is 3. The highest BCUT2D eigenvalue weighted by Crippen LogP contribution is 2.67. The first kappa shape index (κ1) is 32.7. The summed E-state index contributed by atoms with van der Waals surface area (Å²) in [5.74, 6) is -3.19. The van der Waals surface area contributed by atoms with Crippen LogP contribution in [-0.2, 0) is 15.7 Å². The maximum absolute atomic E-state index is 14.7. The van der Waals surface area contributed by atoms with Gasteiger partial charge >= 0.3 is 12.1 Å². The van der Waals surface area contributed by atoms with E-state index >= 15 is 0 Å². The van der Waals surface area contributed by atoms with Crippen LogP contribution in [0.4, 0.5) is 17.6 Å². The molecule has 5 atom stereocenters. The highest BCUT2D eigenvalue weighted by atomic mass is 35.5. The van der Waals surface area contributed by atoms with E-state index in [1.54, 1.807) is 13.8 Å². The second-order valence-corrected chi connectivity index (χ2v) is 13.7. The van der Waals surface area contributed by atoms with Crippen LogP contribution < -0.4 is 0 Å². The van der Waals surface area contributed by atoms with Gasteiger partial charge in [-0.25, -0.2) is 4.39 Å². The van der Waals surface area contributed by atoms with Crippen LogP contribution in [0.1, 0.15) is 92.3 Å². The SMILES string of the molecule is CCOC(=O)C1CCC(n2ncc(C(=O)N(CC(=O)c3c(Cl)ccc(F)c3Cl)C3CC4C(C3)C4(C)C)c2C(F)(F)F)CC1C. The predicted octanol–water partition coefficient (Wildman–Crippen LogP) is 7.65. The first-order valence-corrected chi connectivity index (χ1v) is 15.6. The lowest BCUT2D eigenvalue weighted by Crippen LogP contribution is -2.44. The zero-order valence-electron chi connectivity index (χ0n) is 24.9. The van der Waals surface area contributed by atoms with E-state index in [4.69, 9.17) is 27.9 Å². The quantitative estimate of drug-likeness (QED) is 0.126. The van der Waals surface area contributed by atoms with E-state index in [-0.39, 0.29) is 59.2 Å². The summed E-state index contributed by atoms with van der Waals surface area (Å²) in [4.78, 5) is 41.0. The minimum absolute atomic E-state index is 0.0471. The molecule has 240 valence electrons. The molecule has 1 amide bonds. The zero-order chi connectivity index (χ0) is 32.3. The maximum Gasteiger partial charge on any atom is 0.433 e. The number of ether oxygens (including phenoxy) is 1. The molecule has 5 rings (SSSR count). The second-order valence-electron chi connectivity index (χ2n) is 12.9. The average Bonchev–Trinajstić information content (AvgIpc) is 3.37. The van der Waals surface area contributed by atoms with Gasteiger partial charge in [0.1, 0.15) is 5.82 Å². The van der Waals surface area contributed by atoms with Gasteiger partial charge in [-0.2, -0.15) is 18.3 Å². The summed E-state index contributed by atoms with van der Waals surface area (Å²) in [5, 5.41) is 3.42. The summed E-state index contributed by atoms with van der Waals surface area (Å²) in [6.07, 6.45) is -2.19. The number of aromatic nitrogens is 2. The topological polar surface area (TPSA) is 81.5 Å². The number of Topliss-reactive ketones (excluding diaryl/α,β-unsaturated/α-hetero) is 1. The normalized spacial score (nSPS) is 27.5. The smallest absolute Gasteiger partial charge is 0.433 e. The molecule has 0 radical (unpaired) electrons. The van der Waals surface area contributed by atoms with E-state index in [0.29, 0.717) is 19.3 Å². The Labute approximate surface area is 263 Å². The molecule has 7 nitrogen and oxygen atoms in total. The molecule has 3 fully saturated rings. The van der Waals surface area contributed by atoms with Crippen LogP contribution in [0, 0.1) is 34.9 Å². The Morgan fingerprint density at radius 3 is 2.36 bits per heavy atom. The van der Waals surface area contributed by atoms with Crippen molar-refractivity contribution in [2.75, 3.05) is 13.2 Å². The van der Waals surface area contributed by atoms with Crippen molar-refractivity contribution in [2.24, 2.45) is 29.1 Å². The number of ketones is 1. The van der Waals surface area contributed by atoms with Gasteiger partial charge in [-0.3, -0.25) is 19.1 Å². The van der Waals surface area contributed by atoms with Gasteiger partial charge in [0.15, 0.2) is 11.5 Å². The van der Waals surface area contributed by atoms with Gasteiger partial charge < -0.3 is 9.64 Å². The highest BCUT2D eigenvalue weighted by Gasteiger charge is 2.63. The lowest BCUT2D eigenvalue weighted by atomic mass is 9.78. The number of hydrogen-bond donors (Lipinski definition) is 0. The first-order valence-electron chi connectivity index (χ1n) is 14.9. The Morgan fingerprint density at radius 1 is 1.11 bits per heavy atom. The summed E-state index contributed by atoms with van der Waals surface area (Å²) >= 11 is 12.2. The van der Waals surface area contributed by atoms with Crippen molar-refractivity contribution in [3.63, 3.8) is 0 Å². The summed E-state index contributed by atoms with van der Waals surface area (Å²) in [5.41, 5.74) is -2.14. The molecule has 1 aromatic heterocycles. The van der Waals surface area contributed by atoms with Crippen molar-refractivity contribution in [2.45, 2.75) is 78.1 Å². The third-order valence-corrected chi connectivity index (χ3v) is 10.7. The highest BCUT2D eigenvalue weighted by molar-refractivity contribution is 6.40. The van der Waals surface area contributed by atoms with Crippen molar-refractivity contribution >= 4 is 40.9 Å². The summed E-state index contributed by atoms with van der Waals surface area (Å²) in [7, 11) is 0. The molecule has 13 heteroatoms. The van der Waals surface area contributed by atoms with Crippen LogP contribution in [0.25, 0.3) is 0 Å². The van der Waals surface area contributed by atoms with Gasteiger partial charge in [-0.1, -0.05) is 44.0 Å². The molecule has 3 aliphatic rings. The van der Waals surface area contributed by atoms with E-state index in [0.717, 1.165) is 21.8 Å². The van der Waals surface area contributed by atoms with Crippen molar-refractivity contribution in [1.29, 1.82) is 0 Å². The van der Waals surface area contributed by atoms with E-state index in [1.165, 1.54) is 6.07 Å². The predicted molar refractivity (Wildman–Crippen MR) is 155 cm³/mol. The first-order chi connectivity index (χ1) is 20.6. The van der Waals surface area contributed by atoms with Gasteiger partial charge in [-0.15, -0.1) is 0 Å². The minimum Gasteiger partial charge on any atom is -0.466 e. The third-order valence-electron chi connectivity index (χ3n) is 10.0. The van der Waals surface area contributed by atoms with Crippen LogP contribution in [0.15, 0.2) is 18.3 Å². The fourth-order valence-electron chi connectivity index (χ4n) is 7.54. The van der Waals surface area contributed by atoms with E-state index in [1.807, 2.05) is 0 Å². The monoisotopic (exact) mass is 659 g/mol. The van der Waals surface area contributed by atoms with Crippen LogP contribution >= 0.6 is 23.2 Å². The second kappa shape index (κ2) is 11.9. The van der Waals surface area contributed by atoms with Crippen LogP contribution in [0.3, 0.4) is 0 Å². The average molecular weight is 661 g/mol. The molecular formula is C31H35Cl2F4N3O4. The Hall–Kier alpha value is -2.66. The lowest BCUT2D eigenvalue weighted by molar-refractivity contribution is -0.153. The van der Waals surface area contributed by atoms with Gasteiger partial charge in [0.05, 0.1) is 52.5 Å². The Balaban J connectivity index is 1.47. The lowest BCUT2D eigenvalue weighted by Gasteiger charge is -2.34. The van der Waals surface area contributed by atoms with Gasteiger partial charge in [0.25, 0.3) is 5.91 Å². The molecule has 5 unspecified atom stereocenters. The van der Waals surface area contributed by atoms with Crippen molar-refractivity contribution < 1.29 is 36.7 Å². The van der Waals surface area contributed by atoms with Crippen LogP contribution in [-0.4, -0.2) is 51.5 Å². The standard InChI is InChI=1S/C31H35Cl2F4N3O4/c1-5-44-29(43)18-7-6-16(10-15(18)2)40-27(31(35,36)37)19(13-38-40)28(42)39(17-11-20-21(12-17)30(20,3)4)14-24(41)25-22(32)8-9-23(34)26(25)33/h8-9,13,15-18,20-21H,5-7,10-12,14H2,1-4H3. The Bertz CT molecular complexity index is 1460.